The second-order valence-corrected chi connectivity index (χ2v) is 8.06. The van der Waals surface area contributed by atoms with Crippen molar-refractivity contribution in [2.24, 2.45) is 5.92 Å². The minimum Gasteiger partial charge on any atom is -0.496 e. The fraction of sp³-hybridized carbons (Fsp3) is 0.273. The molecular formula is C22H21ClFN3O2S. The lowest BCUT2D eigenvalue weighted by Crippen LogP contribution is -2.23. The first-order chi connectivity index (χ1) is 14.5. The molecule has 1 atom stereocenters. The quantitative estimate of drug-likeness (QED) is 0.532. The smallest absolute Gasteiger partial charge is 0.225 e. The van der Waals surface area contributed by atoms with Crippen LogP contribution in [0.2, 0.25) is 5.02 Å². The topological polar surface area (TPSA) is 47.5 Å². The summed E-state index contributed by atoms with van der Waals surface area (Å²) in [5.74, 6) is 1.43. The number of rotatable bonds is 6. The van der Waals surface area contributed by atoms with Crippen LogP contribution in [0.15, 0.2) is 53.7 Å². The van der Waals surface area contributed by atoms with Crippen LogP contribution < -0.4 is 14.4 Å². The number of methoxy groups -OCH3 is 1. The van der Waals surface area contributed by atoms with Crippen LogP contribution >= 0.6 is 24.2 Å². The Morgan fingerprint density at radius 3 is 2.60 bits per heavy atom. The number of hydrogen-bond acceptors (Lipinski definition) is 6. The first kappa shape index (κ1) is 20.8. The van der Waals surface area contributed by atoms with Crippen LogP contribution in [0.5, 0.6) is 11.5 Å². The predicted molar refractivity (Wildman–Crippen MR) is 118 cm³/mol. The lowest BCUT2D eigenvalue weighted by atomic mass is 10.0. The molecule has 1 aliphatic heterocycles. The van der Waals surface area contributed by atoms with E-state index in [4.69, 9.17) is 21.1 Å². The molecular weight excluding hydrogens is 425 g/mol. The van der Waals surface area contributed by atoms with Gasteiger partial charge in [0.25, 0.3) is 0 Å². The molecule has 4 rings (SSSR count). The summed E-state index contributed by atoms with van der Waals surface area (Å²) in [5.41, 5.74) is 1.60. The SMILES string of the molecule is COc1cc(-c2ccc(OCC3CCN(c4ncc(Cl)cn4)C3)c(F)c2)ccc1S. The largest absolute Gasteiger partial charge is 0.496 e. The highest BCUT2D eigenvalue weighted by Crippen LogP contribution is 2.32. The first-order valence-corrected chi connectivity index (χ1v) is 10.4. The zero-order valence-corrected chi connectivity index (χ0v) is 18.0. The van der Waals surface area contributed by atoms with E-state index in [1.165, 1.54) is 6.07 Å². The molecule has 0 spiro atoms. The molecule has 0 bridgehead atoms. The molecule has 1 saturated heterocycles. The van der Waals surface area contributed by atoms with E-state index in [9.17, 15) is 4.39 Å². The standard InChI is InChI=1S/C22H21ClFN3O2S/c1-28-20-9-16(3-5-21(20)30)15-2-4-19(18(24)8-15)29-13-14-6-7-27(12-14)22-25-10-17(23)11-26-22/h2-5,8-11,14,30H,6-7,12-13H2,1H3. The van der Waals surface area contributed by atoms with Gasteiger partial charge in [-0.05, 0) is 41.8 Å². The van der Waals surface area contributed by atoms with E-state index in [1.807, 2.05) is 24.3 Å². The van der Waals surface area contributed by atoms with Gasteiger partial charge in [0.05, 0.1) is 31.1 Å². The van der Waals surface area contributed by atoms with Gasteiger partial charge in [-0.3, -0.25) is 0 Å². The highest BCUT2D eigenvalue weighted by atomic mass is 35.5. The fourth-order valence-corrected chi connectivity index (χ4v) is 3.81. The summed E-state index contributed by atoms with van der Waals surface area (Å²) in [4.78, 5) is 11.3. The summed E-state index contributed by atoms with van der Waals surface area (Å²) in [6.45, 7) is 2.03. The molecule has 2 heterocycles. The Morgan fingerprint density at radius 2 is 1.87 bits per heavy atom. The number of halogens is 2. The molecule has 1 unspecified atom stereocenters. The maximum absolute atomic E-state index is 14.6. The molecule has 30 heavy (non-hydrogen) atoms. The fourth-order valence-electron chi connectivity index (χ4n) is 3.48. The number of hydrogen-bond donors (Lipinski definition) is 1. The highest BCUT2D eigenvalue weighted by molar-refractivity contribution is 7.80. The Morgan fingerprint density at radius 1 is 1.13 bits per heavy atom. The van der Waals surface area contributed by atoms with Crippen LogP contribution in [-0.2, 0) is 0 Å². The zero-order valence-electron chi connectivity index (χ0n) is 16.4. The first-order valence-electron chi connectivity index (χ1n) is 9.55. The molecule has 0 aliphatic carbocycles. The van der Waals surface area contributed by atoms with E-state index in [-0.39, 0.29) is 11.7 Å². The third-order valence-electron chi connectivity index (χ3n) is 5.09. The molecule has 3 aromatic rings. The number of benzene rings is 2. The van der Waals surface area contributed by atoms with E-state index in [1.54, 1.807) is 25.6 Å². The van der Waals surface area contributed by atoms with Gasteiger partial charge in [0, 0.05) is 23.9 Å². The Kier molecular flexibility index (Phi) is 6.29. The third-order valence-corrected chi connectivity index (χ3v) is 5.66. The summed E-state index contributed by atoms with van der Waals surface area (Å²) in [5, 5.41) is 0.511. The monoisotopic (exact) mass is 445 g/mol. The molecule has 0 N–H and O–H groups in total. The number of anilines is 1. The van der Waals surface area contributed by atoms with E-state index in [0.29, 0.717) is 23.3 Å². The van der Waals surface area contributed by atoms with Crippen molar-refractivity contribution >= 4 is 30.2 Å². The van der Waals surface area contributed by atoms with Crippen LogP contribution in [0.25, 0.3) is 11.1 Å². The van der Waals surface area contributed by atoms with Crippen molar-refractivity contribution in [3.8, 4) is 22.6 Å². The van der Waals surface area contributed by atoms with Gasteiger partial charge in [0.15, 0.2) is 11.6 Å². The number of thiol groups is 1. The van der Waals surface area contributed by atoms with Gasteiger partial charge in [-0.25, -0.2) is 14.4 Å². The Hall–Kier alpha value is -2.51. The summed E-state index contributed by atoms with van der Waals surface area (Å²) in [6.07, 6.45) is 4.11. The van der Waals surface area contributed by atoms with E-state index >= 15 is 0 Å². The van der Waals surface area contributed by atoms with Crippen molar-refractivity contribution in [1.29, 1.82) is 0 Å². The Bertz CT molecular complexity index is 1040. The van der Waals surface area contributed by atoms with Crippen molar-refractivity contribution in [3.63, 3.8) is 0 Å². The minimum atomic E-state index is -0.391. The summed E-state index contributed by atoms with van der Waals surface area (Å²) in [7, 11) is 1.58. The molecule has 0 radical (unpaired) electrons. The lowest BCUT2D eigenvalue weighted by molar-refractivity contribution is 0.250. The summed E-state index contributed by atoms with van der Waals surface area (Å²) in [6, 6.07) is 10.5. The maximum Gasteiger partial charge on any atom is 0.225 e. The Labute approximate surface area is 185 Å². The van der Waals surface area contributed by atoms with Gasteiger partial charge < -0.3 is 14.4 Å². The molecule has 0 saturated carbocycles. The molecule has 1 fully saturated rings. The van der Waals surface area contributed by atoms with Gasteiger partial charge in [0.2, 0.25) is 5.95 Å². The third kappa shape index (κ3) is 4.63. The second-order valence-electron chi connectivity index (χ2n) is 7.14. The molecule has 1 aliphatic rings. The average molecular weight is 446 g/mol. The molecule has 8 heteroatoms. The van der Waals surface area contributed by atoms with Crippen molar-refractivity contribution in [1.82, 2.24) is 9.97 Å². The van der Waals surface area contributed by atoms with Gasteiger partial charge in [-0.1, -0.05) is 23.7 Å². The lowest BCUT2D eigenvalue weighted by Gasteiger charge is -2.16. The van der Waals surface area contributed by atoms with Crippen molar-refractivity contribution in [3.05, 3.63) is 59.6 Å². The van der Waals surface area contributed by atoms with E-state index in [2.05, 4.69) is 27.5 Å². The molecule has 0 amide bonds. The second kappa shape index (κ2) is 9.10. The van der Waals surface area contributed by atoms with Gasteiger partial charge >= 0.3 is 0 Å². The van der Waals surface area contributed by atoms with E-state index in [0.717, 1.165) is 35.5 Å². The van der Waals surface area contributed by atoms with Gasteiger partial charge in [0.1, 0.15) is 5.75 Å². The van der Waals surface area contributed by atoms with E-state index < -0.39 is 5.82 Å². The molecule has 156 valence electrons. The normalized spacial score (nSPS) is 16.0. The molecule has 1 aromatic heterocycles. The van der Waals surface area contributed by atoms with Crippen LogP contribution in [-0.4, -0.2) is 36.8 Å². The molecule has 2 aromatic carbocycles. The summed E-state index contributed by atoms with van der Waals surface area (Å²) >= 11 is 10.2. The Balaban J connectivity index is 1.38. The number of nitrogens with zero attached hydrogens (tertiary/aromatic N) is 3. The van der Waals surface area contributed by atoms with Crippen molar-refractivity contribution < 1.29 is 13.9 Å². The predicted octanol–water partition coefficient (Wildman–Crippen LogP) is 5.14. The minimum absolute atomic E-state index is 0.248. The zero-order chi connectivity index (χ0) is 21.1. The number of ether oxygens (including phenoxy) is 2. The van der Waals surface area contributed by atoms with Crippen LogP contribution in [0.4, 0.5) is 10.3 Å². The van der Waals surface area contributed by atoms with Crippen molar-refractivity contribution in [2.45, 2.75) is 11.3 Å². The highest BCUT2D eigenvalue weighted by Gasteiger charge is 2.25. The maximum atomic E-state index is 14.6. The van der Waals surface area contributed by atoms with Crippen LogP contribution in [0, 0.1) is 11.7 Å². The van der Waals surface area contributed by atoms with Crippen molar-refractivity contribution in [2.75, 3.05) is 31.7 Å². The number of aromatic nitrogens is 2. The van der Waals surface area contributed by atoms with Gasteiger partial charge in [-0.2, -0.15) is 0 Å². The average Bonchev–Trinajstić information content (AvgIpc) is 3.23. The van der Waals surface area contributed by atoms with Crippen LogP contribution in [0.1, 0.15) is 6.42 Å². The van der Waals surface area contributed by atoms with Gasteiger partial charge in [-0.15, -0.1) is 12.6 Å². The molecule has 5 nitrogen and oxygen atoms in total. The van der Waals surface area contributed by atoms with Crippen LogP contribution in [0.3, 0.4) is 0 Å². The summed E-state index contributed by atoms with van der Waals surface area (Å²) < 4.78 is 25.7.